The van der Waals surface area contributed by atoms with Crippen LogP contribution < -0.4 is 10.6 Å². The number of likely N-dealkylation sites (N-methyl/N-ethyl adjacent to an activating group) is 1. The van der Waals surface area contributed by atoms with Crippen LogP contribution in [0.4, 0.5) is 0 Å². The Bertz CT molecular complexity index is 275. The minimum Gasteiger partial charge on any atom is -0.383 e. The molecule has 0 aromatic heterocycles. The summed E-state index contributed by atoms with van der Waals surface area (Å²) in [4.78, 5) is 6.53. The van der Waals surface area contributed by atoms with Crippen LogP contribution in [0, 0.1) is 5.92 Å². The van der Waals surface area contributed by atoms with Gasteiger partial charge in [-0.15, -0.1) is 24.0 Å². The minimum absolute atomic E-state index is 0. The molecule has 0 saturated carbocycles. The average Bonchev–Trinajstić information content (AvgIpc) is 2.43. The van der Waals surface area contributed by atoms with Crippen LogP contribution in [0.2, 0.25) is 0 Å². The molecule has 0 radical (unpaired) electrons. The molecule has 0 aromatic rings. The van der Waals surface area contributed by atoms with Crippen LogP contribution in [-0.2, 0) is 4.74 Å². The van der Waals surface area contributed by atoms with Crippen LogP contribution in [-0.4, -0.2) is 64.3 Å². The molecule has 0 amide bonds. The second-order valence-electron chi connectivity index (χ2n) is 6.17. The maximum atomic E-state index is 5.07. The van der Waals surface area contributed by atoms with Crippen molar-refractivity contribution >= 4 is 29.9 Å². The summed E-state index contributed by atoms with van der Waals surface area (Å²) < 4.78 is 5.07. The molecule has 0 aliphatic carbocycles. The fraction of sp³-hybridized carbons (Fsp3) is 0.938. The molecule has 1 atom stereocenters. The SMILES string of the molecule is CN=C(NCCN(C)CCOC)NC(C)CCCC(C)C.I. The number of nitrogens with one attached hydrogen (secondary N) is 2. The standard InChI is InChI=1S/C16H36N4O.HI/c1-14(2)8-7-9-15(3)19-16(17-4)18-10-11-20(5)12-13-21-6;/h14-15H,7-13H2,1-6H3,(H2,17,18,19);1H. The van der Waals surface area contributed by atoms with E-state index in [1.165, 1.54) is 19.3 Å². The van der Waals surface area contributed by atoms with E-state index in [9.17, 15) is 0 Å². The summed E-state index contributed by atoms with van der Waals surface area (Å²) in [7, 11) is 5.66. The van der Waals surface area contributed by atoms with E-state index in [1.807, 2.05) is 7.05 Å². The zero-order valence-corrected chi connectivity index (χ0v) is 17.6. The second-order valence-corrected chi connectivity index (χ2v) is 6.17. The number of methoxy groups -OCH3 is 1. The monoisotopic (exact) mass is 428 g/mol. The summed E-state index contributed by atoms with van der Waals surface area (Å²) in [6, 6.07) is 0.459. The number of ether oxygens (including phenoxy) is 1. The van der Waals surface area contributed by atoms with Crippen molar-refractivity contribution in [2.24, 2.45) is 10.9 Å². The molecule has 0 saturated heterocycles. The van der Waals surface area contributed by atoms with Crippen molar-refractivity contribution < 1.29 is 4.74 Å². The number of guanidine groups is 1. The molecule has 5 nitrogen and oxygen atoms in total. The van der Waals surface area contributed by atoms with Gasteiger partial charge in [-0.1, -0.05) is 26.7 Å². The molecule has 0 aliphatic heterocycles. The summed E-state index contributed by atoms with van der Waals surface area (Å²) in [5.74, 6) is 1.68. The number of hydrogen-bond acceptors (Lipinski definition) is 3. The highest BCUT2D eigenvalue weighted by Crippen LogP contribution is 2.07. The van der Waals surface area contributed by atoms with Crippen LogP contribution in [0.3, 0.4) is 0 Å². The lowest BCUT2D eigenvalue weighted by molar-refractivity contribution is 0.162. The topological polar surface area (TPSA) is 48.9 Å². The predicted octanol–water partition coefficient (Wildman–Crippen LogP) is 2.56. The molecular weight excluding hydrogens is 391 g/mol. The normalized spacial score (nSPS) is 13.2. The predicted molar refractivity (Wildman–Crippen MR) is 107 cm³/mol. The van der Waals surface area contributed by atoms with Gasteiger partial charge >= 0.3 is 0 Å². The number of hydrogen-bond donors (Lipinski definition) is 2. The highest BCUT2D eigenvalue weighted by atomic mass is 127. The van der Waals surface area contributed by atoms with Crippen molar-refractivity contribution in [3.8, 4) is 0 Å². The van der Waals surface area contributed by atoms with Gasteiger partial charge < -0.3 is 20.3 Å². The van der Waals surface area contributed by atoms with Gasteiger partial charge in [-0.05, 0) is 26.3 Å². The van der Waals surface area contributed by atoms with Crippen molar-refractivity contribution in [2.45, 2.75) is 46.1 Å². The van der Waals surface area contributed by atoms with Gasteiger partial charge in [0.15, 0.2) is 5.96 Å². The van der Waals surface area contributed by atoms with Gasteiger partial charge in [0.1, 0.15) is 0 Å². The number of rotatable bonds is 11. The molecule has 1 unspecified atom stereocenters. The van der Waals surface area contributed by atoms with Crippen LogP contribution in [0.25, 0.3) is 0 Å². The average molecular weight is 428 g/mol. The van der Waals surface area contributed by atoms with Gasteiger partial charge in [0.2, 0.25) is 0 Å². The first-order valence-corrected chi connectivity index (χ1v) is 8.14. The van der Waals surface area contributed by atoms with Crippen molar-refractivity contribution in [3.63, 3.8) is 0 Å². The smallest absolute Gasteiger partial charge is 0.191 e. The van der Waals surface area contributed by atoms with Gasteiger partial charge in [-0.2, -0.15) is 0 Å². The maximum absolute atomic E-state index is 5.07. The van der Waals surface area contributed by atoms with Crippen LogP contribution in [0.1, 0.15) is 40.0 Å². The van der Waals surface area contributed by atoms with Crippen LogP contribution >= 0.6 is 24.0 Å². The maximum Gasteiger partial charge on any atom is 0.191 e. The lowest BCUT2D eigenvalue weighted by Gasteiger charge is -2.20. The fourth-order valence-corrected chi connectivity index (χ4v) is 2.06. The lowest BCUT2D eigenvalue weighted by atomic mass is 10.0. The number of nitrogens with zero attached hydrogens (tertiary/aromatic N) is 2. The van der Waals surface area contributed by atoms with Gasteiger partial charge in [-0.25, -0.2) is 0 Å². The molecule has 0 aromatic carbocycles. The Morgan fingerprint density at radius 2 is 1.86 bits per heavy atom. The summed E-state index contributed by atoms with van der Waals surface area (Å²) in [5.41, 5.74) is 0. The third kappa shape index (κ3) is 14.8. The third-order valence-corrected chi connectivity index (χ3v) is 3.49. The third-order valence-electron chi connectivity index (χ3n) is 3.49. The van der Waals surface area contributed by atoms with Crippen molar-refractivity contribution in [3.05, 3.63) is 0 Å². The zero-order valence-electron chi connectivity index (χ0n) is 15.3. The Morgan fingerprint density at radius 1 is 1.18 bits per heavy atom. The van der Waals surface area contributed by atoms with E-state index in [2.05, 4.69) is 48.3 Å². The van der Waals surface area contributed by atoms with Crippen molar-refractivity contribution in [1.82, 2.24) is 15.5 Å². The molecule has 0 heterocycles. The molecule has 22 heavy (non-hydrogen) atoms. The van der Waals surface area contributed by atoms with E-state index >= 15 is 0 Å². The first-order valence-electron chi connectivity index (χ1n) is 8.14. The Hall–Kier alpha value is -0.0800. The van der Waals surface area contributed by atoms with Gasteiger partial charge in [-0.3, -0.25) is 4.99 Å². The first kappa shape index (κ1) is 24.2. The molecule has 0 aliphatic rings. The van der Waals surface area contributed by atoms with E-state index in [0.29, 0.717) is 6.04 Å². The Labute approximate surface area is 154 Å². The summed E-state index contributed by atoms with van der Waals surface area (Å²) in [5, 5.41) is 6.82. The Kier molecular flexibility index (Phi) is 17.4. The van der Waals surface area contributed by atoms with Gasteiger partial charge in [0.25, 0.3) is 0 Å². The number of aliphatic imine (C=N–C) groups is 1. The molecule has 2 N–H and O–H groups in total. The summed E-state index contributed by atoms with van der Waals surface area (Å²) >= 11 is 0. The second kappa shape index (κ2) is 15.8. The van der Waals surface area contributed by atoms with Crippen LogP contribution in [0.15, 0.2) is 4.99 Å². The number of halogens is 1. The largest absolute Gasteiger partial charge is 0.383 e. The van der Waals surface area contributed by atoms with Gasteiger partial charge in [0, 0.05) is 39.8 Å². The van der Waals surface area contributed by atoms with Crippen molar-refractivity contribution in [1.29, 1.82) is 0 Å². The van der Waals surface area contributed by atoms with E-state index < -0.39 is 0 Å². The molecule has 0 bridgehead atoms. The quantitative estimate of drug-likeness (QED) is 0.302. The molecule has 6 heteroatoms. The molecule has 0 spiro atoms. The van der Waals surface area contributed by atoms with Crippen molar-refractivity contribution in [2.75, 3.05) is 47.4 Å². The molecule has 0 fully saturated rings. The molecular formula is C16H37IN4O. The van der Waals surface area contributed by atoms with E-state index in [0.717, 1.165) is 38.1 Å². The highest BCUT2D eigenvalue weighted by molar-refractivity contribution is 14.0. The zero-order chi connectivity index (χ0) is 16.1. The van der Waals surface area contributed by atoms with E-state index in [4.69, 9.17) is 4.74 Å². The van der Waals surface area contributed by atoms with Gasteiger partial charge in [0.05, 0.1) is 6.61 Å². The minimum atomic E-state index is 0. The fourth-order valence-electron chi connectivity index (χ4n) is 2.06. The summed E-state index contributed by atoms with van der Waals surface area (Å²) in [6.45, 7) is 10.4. The summed E-state index contributed by atoms with van der Waals surface area (Å²) in [6.07, 6.45) is 3.75. The Morgan fingerprint density at radius 3 is 2.41 bits per heavy atom. The van der Waals surface area contributed by atoms with E-state index in [1.54, 1.807) is 7.11 Å². The molecule has 0 rings (SSSR count). The van der Waals surface area contributed by atoms with Crippen LogP contribution in [0.5, 0.6) is 0 Å². The first-order chi connectivity index (χ1) is 9.99. The molecule has 134 valence electrons. The van der Waals surface area contributed by atoms with E-state index in [-0.39, 0.29) is 24.0 Å². The highest BCUT2D eigenvalue weighted by Gasteiger charge is 2.06. The Balaban J connectivity index is 0. The lowest BCUT2D eigenvalue weighted by Crippen LogP contribution is -2.44.